The van der Waals surface area contributed by atoms with Crippen LogP contribution < -0.4 is 0 Å². The van der Waals surface area contributed by atoms with Gasteiger partial charge in [-0.3, -0.25) is 4.18 Å². The fourth-order valence-electron chi connectivity index (χ4n) is 1.72. The molecule has 0 fully saturated rings. The third-order valence-electron chi connectivity index (χ3n) is 2.63. The summed E-state index contributed by atoms with van der Waals surface area (Å²) in [4.78, 5) is 0.281. The minimum absolute atomic E-state index is 0. The molecule has 3 nitrogen and oxygen atoms in total. The van der Waals surface area contributed by atoms with E-state index in [0.29, 0.717) is 0 Å². The number of hydrogen-bond acceptors (Lipinski definition) is 3. The Hall–Kier alpha value is 0.130. The van der Waals surface area contributed by atoms with Crippen LogP contribution in [0.15, 0.2) is 41.8 Å². The first-order valence-corrected chi connectivity index (χ1v) is 7.61. The molecular weight excluding hydrogens is 288 g/mol. The molecule has 0 amide bonds. The molecule has 104 valence electrons. The molecule has 0 unspecified atom stereocenters. The van der Waals surface area contributed by atoms with Crippen molar-refractivity contribution in [1.29, 1.82) is 0 Å². The standard InChI is InChI=1S/C14H20O3S.Ca.2H/c1-3-5-6-9-13-10-7-8-11-14(13)18(15,16)17-12-4-2;;;/h4,7-8,10-11H,2-3,5-6,9,12H2,1H3;;;. The van der Waals surface area contributed by atoms with E-state index < -0.39 is 10.1 Å². The zero-order chi connectivity index (χ0) is 13.4. The van der Waals surface area contributed by atoms with Crippen LogP contribution in [0.1, 0.15) is 31.7 Å². The van der Waals surface area contributed by atoms with Gasteiger partial charge in [-0.25, -0.2) is 0 Å². The first kappa shape index (κ1) is 19.1. The van der Waals surface area contributed by atoms with Crippen LogP contribution in [-0.2, 0) is 20.7 Å². The summed E-state index contributed by atoms with van der Waals surface area (Å²) in [6, 6.07) is 7.01. The Morgan fingerprint density at radius 2 is 1.95 bits per heavy atom. The Morgan fingerprint density at radius 3 is 2.58 bits per heavy atom. The van der Waals surface area contributed by atoms with Crippen LogP contribution in [0.25, 0.3) is 0 Å². The molecule has 5 heteroatoms. The molecule has 0 spiro atoms. The zero-order valence-corrected chi connectivity index (χ0v) is 11.6. The molecule has 1 rings (SSSR count). The van der Waals surface area contributed by atoms with Crippen molar-refractivity contribution < 1.29 is 12.6 Å². The van der Waals surface area contributed by atoms with Crippen LogP contribution in [-0.4, -0.2) is 52.8 Å². The van der Waals surface area contributed by atoms with Gasteiger partial charge in [0.15, 0.2) is 0 Å². The predicted octanol–water partition coefficient (Wildman–Crippen LogP) is 2.39. The van der Waals surface area contributed by atoms with Gasteiger partial charge in [0.1, 0.15) is 0 Å². The quantitative estimate of drug-likeness (QED) is 0.320. The van der Waals surface area contributed by atoms with Gasteiger partial charge in [-0.2, -0.15) is 8.42 Å². The number of hydrogen-bond donors (Lipinski definition) is 0. The molecule has 0 aromatic heterocycles. The van der Waals surface area contributed by atoms with Crippen molar-refractivity contribution in [1.82, 2.24) is 0 Å². The predicted molar refractivity (Wildman–Crippen MR) is 81.5 cm³/mol. The Morgan fingerprint density at radius 1 is 1.26 bits per heavy atom. The Balaban J connectivity index is 0.00000324. The minimum atomic E-state index is -3.66. The van der Waals surface area contributed by atoms with Gasteiger partial charge in [0.05, 0.1) is 11.5 Å². The van der Waals surface area contributed by atoms with E-state index in [1.54, 1.807) is 12.1 Å². The van der Waals surface area contributed by atoms with Crippen molar-refractivity contribution in [2.45, 2.75) is 37.5 Å². The van der Waals surface area contributed by atoms with Crippen molar-refractivity contribution in [3.8, 4) is 0 Å². The third-order valence-corrected chi connectivity index (χ3v) is 4.02. The van der Waals surface area contributed by atoms with Gasteiger partial charge >= 0.3 is 37.7 Å². The number of benzene rings is 1. The van der Waals surface area contributed by atoms with Crippen molar-refractivity contribution in [3.63, 3.8) is 0 Å². The topological polar surface area (TPSA) is 43.4 Å². The number of aryl methyl sites for hydroxylation is 1. The zero-order valence-electron chi connectivity index (χ0n) is 10.8. The average Bonchev–Trinajstić information content (AvgIpc) is 2.37. The molecule has 0 atom stereocenters. The van der Waals surface area contributed by atoms with E-state index in [1.165, 1.54) is 6.08 Å². The molecule has 0 aliphatic rings. The summed E-state index contributed by atoms with van der Waals surface area (Å²) in [5.74, 6) is 0. The summed E-state index contributed by atoms with van der Waals surface area (Å²) < 4.78 is 28.8. The van der Waals surface area contributed by atoms with Gasteiger partial charge in [0.2, 0.25) is 0 Å². The second-order valence-electron chi connectivity index (χ2n) is 4.09. The molecule has 0 N–H and O–H groups in total. The fraction of sp³-hybridized carbons (Fsp3) is 0.429. The van der Waals surface area contributed by atoms with E-state index in [-0.39, 0.29) is 49.2 Å². The summed E-state index contributed by atoms with van der Waals surface area (Å²) >= 11 is 0. The van der Waals surface area contributed by atoms with Crippen LogP contribution in [0.4, 0.5) is 0 Å². The van der Waals surface area contributed by atoms with E-state index in [1.807, 2.05) is 12.1 Å². The van der Waals surface area contributed by atoms with Crippen LogP contribution >= 0.6 is 0 Å². The van der Waals surface area contributed by atoms with Crippen molar-refractivity contribution >= 4 is 47.9 Å². The summed E-state index contributed by atoms with van der Waals surface area (Å²) in [7, 11) is -3.66. The van der Waals surface area contributed by atoms with Gasteiger partial charge in [-0.1, -0.05) is 44.0 Å². The van der Waals surface area contributed by atoms with Gasteiger partial charge in [-0.15, -0.1) is 6.58 Å². The summed E-state index contributed by atoms with van der Waals surface area (Å²) in [5, 5.41) is 0. The van der Waals surface area contributed by atoms with Crippen LogP contribution in [0.5, 0.6) is 0 Å². The van der Waals surface area contributed by atoms with E-state index >= 15 is 0 Å². The molecule has 0 saturated carbocycles. The fourth-order valence-corrected chi connectivity index (χ4v) is 2.86. The SMILES string of the molecule is C=CCOS(=O)(=O)c1ccccc1CCCCC.[CaH2]. The normalized spacial score (nSPS) is 10.8. The molecule has 0 saturated heterocycles. The van der Waals surface area contributed by atoms with Crippen LogP contribution in [0, 0.1) is 0 Å². The van der Waals surface area contributed by atoms with Gasteiger partial charge < -0.3 is 0 Å². The van der Waals surface area contributed by atoms with Crippen LogP contribution in [0.2, 0.25) is 0 Å². The first-order valence-electron chi connectivity index (χ1n) is 6.20. The summed E-state index contributed by atoms with van der Waals surface area (Å²) in [6.45, 7) is 5.58. The Bertz CT molecular complexity index is 483. The van der Waals surface area contributed by atoms with Gasteiger partial charge in [0, 0.05) is 0 Å². The molecule has 0 aliphatic carbocycles. The Labute approximate surface area is 146 Å². The van der Waals surface area contributed by atoms with E-state index in [4.69, 9.17) is 4.18 Å². The first-order chi connectivity index (χ1) is 8.61. The van der Waals surface area contributed by atoms with Crippen molar-refractivity contribution in [2.75, 3.05) is 6.61 Å². The molecule has 19 heavy (non-hydrogen) atoms. The average molecular weight is 310 g/mol. The van der Waals surface area contributed by atoms with E-state index in [0.717, 1.165) is 31.2 Å². The third kappa shape index (κ3) is 6.41. The summed E-state index contributed by atoms with van der Waals surface area (Å²) in [5.41, 5.74) is 0.829. The Kier molecular flexibility index (Phi) is 10.0. The molecule has 1 aromatic carbocycles. The van der Waals surface area contributed by atoms with E-state index in [2.05, 4.69) is 13.5 Å². The van der Waals surface area contributed by atoms with E-state index in [9.17, 15) is 8.42 Å². The maximum atomic E-state index is 12.0. The second kappa shape index (κ2) is 9.94. The monoisotopic (exact) mass is 310 g/mol. The second-order valence-corrected chi connectivity index (χ2v) is 5.68. The van der Waals surface area contributed by atoms with Gasteiger partial charge in [0.25, 0.3) is 10.1 Å². The van der Waals surface area contributed by atoms with Crippen molar-refractivity contribution in [2.24, 2.45) is 0 Å². The molecule has 0 bridgehead atoms. The number of rotatable bonds is 8. The van der Waals surface area contributed by atoms with Crippen molar-refractivity contribution in [3.05, 3.63) is 42.5 Å². The molecule has 0 heterocycles. The summed E-state index contributed by atoms with van der Waals surface area (Å²) in [6.07, 6.45) is 5.40. The molecule has 0 aliphatic heterocycles. The maximum absolute atomic E-state index is 12.0. The molecule has 1 aromatic rings. The van der Waals surface area contributed by atoms with Crippen LogP contribution in [0.3, 0.4) is 0 Å². The van der Waals surface area contributed by atoms with Gasteiger partial charge in [-0.05, 0) is 24.5 Å². The molecular formula is C14H22CaO3S. The molecule has 0 radical (unpaired) electrons. The number of unbranched alkanes of at least 4 members (excludes halogenated alkanes) is 2.